The molecule has 1 aliphatic heterocycles. The molecule has 1 aliphatic rings. The fourth-order valence-electron chi connectivity index (χ4n) is 10.4. The Hall–Kier alpha value is -8.80. The number of furan rings is 1. The molecule has 308 valence electrons. The SMILES string of the molecule is c1ccc2cc(C3=NC(c4ccc(-n5c6cc7ccccc7cc6c6c7ccccc7ccc65)cc4-c4ccc5oc6ccccc6c5c4)=NC(c4ccc5ccccc5c4)N3)ccc2c1. The van der Waals surface area contributed by atoms with Crippen LogP contribution in [0.1, 0.15) is 22.9 Å². The number of aliphatic imine (C=N–C) groups is 2. The summed E-state index contributed by atoms with van der Waals surface area (Å²) in [5.74, 6) is 1.43. The van der Waals surface area contributed by atoms with E-state index in [0.29, 0.717) is 5.84 Å². The Balaban J connectivity index is 1.04. The molecule has 1 unspecified atom stereocenters. The maximum atomic E-state index is 6.37. The molecule has 66 heavy (non-hydrogen) atoms. The van der Waals surface area contributed by atoms with Gasteiger partial charge in [0, 0.05) is 38.4 Å². The number of amidine groups is 2. The largest absolute Gasteiger partial charge is 0.456 e. The molecule has 0 bridgehead atoms. The summed E-state index contributed by atoms with van der Waals surface area (Å²) in [4.78, 5) is 11.0. The minimum Gasteiger partial charge on any atom is -0.456 e. The van der Waals surface area contributed by atoms with E-state index >= 15 is 0 Å². The highest BCUT2D eigenvalue weighted by Gasteiger charge is 2.25. The lowest BCUT2D eigenvalue weighted by atomic mass is 9.96. The van der Waals surface area contributed by atoms with E-state index in [4.69, 9.17) is 14.4 Å². The van der Waals surface area contributed by atoms with E-state index in [1.54, 1.807) is 0 Å². The van der Waals surface area contributed by atoms with Crippen LogP contribution in [0.15, 0.2) is 233 Å². The normalized spacial score (nSPS) is 14.2. The van der Waals surface area contributed by atoms with Crippen LogP contribution >= 0.6 is 0 Å². The standard InChI is InChI=1S/C61H38N4O/c1-3-14-40-31-45(23-21-37(40)11-1)59-62-60(46-24-22-38-12-2-4-15-41(38)32-46)64-61(63-59)50-28-27-47(36-51(50)44-26-30-57-52(34-44)49-19-9-10-20-56(49)66-57)65-54-29-25-39-13-7-8-18-48(39)58(54)53-33-42-16-5-6-17-43(42)35-55(53)65/h1-36,59H,(H,62,63,64). The minimum absolute atomic E-state index is 0.393. The number of aromatic nitrogens is 1. The third-order valence-electron chi connectivity index (χ3n) is 13.6. The van der Waals surface area contributed by atoms with Gasteiger partial charge >= 0.3 is 0 Å². The number of nitrogens with one attached hydrogen (secondary N) is 1. The van der Waals surface area contributed by atoms with Gasteiger partial charge in [-0.15, -0.1) is 0 Å². The first kappa shape index (κ1) is 36.7. The minimum atomic E-state index is -0.393. The van der Waals surface area contributed by atoms with Gasteiger partial charge in [0.05, 0.1) is 11.0 Å². The molecule has 0 fully saturated rings. The smallest absolute Gasteiger partial charge is 0.160 e. The molecule has 1 N–H and O–H groups in total. The molecular formula is C61H38N4O. The highest BCUT2D eigenvalue weighted by Crippen LogP contribution is 2.41. The highest BCUT2D eigenvalue weighted by atomic mass is 16.3. The molecule has 0 saturated carbocycles. The third-order valence-corrected chi connectivity index (χ3v) is 13.6. The van der Waals surface area contributed by atoms with E-state index in [2.05, 4.69) is 216 Å². The van der Waals surface area contributed by atoms with Crippen molar-refractivity contribution in [3.8, 4) is 16.8 Å². The summed E-state index contributed by atoms with van der Waals surface area (Å²) in [6.45, 7) is 0. The lowest BCUT2D eigenvalue weighted by Crippen LogP contribution is -2.33. The number of rotatable bonds is 5. The van der Waals surface area contributed by atoms with Crippen LogP contribution < -0.4 is 5.32 Å². The van der Waals surface area contributed by atoms with Crippen LogP contribution in [0.2, 0.25) is 0 Å². The summed E-state index contributed by atoms with van der Waals surface area (Å²) in [6.07, 6.45) is -0.393. The van der Waals surface area contributed by atoms with E-state index in [1.165, 1.54) is 48.5 Å². The fraction of sp³-hybridized carbons (Fsp3) is 0.0164. The van der Waals surface area contributed by atoms with Crippen LogP contribution in [0.5, 0.6) is 0 Å². The van der Waals surface area contributed by atoms with Crippen molar-refractivity contribution in [2.45, 2.75) is 6.17 Å². The number of hydrogen-bond acceptors (Lipinski definition) is 4. The van der Waals surface area contributed by atoms with E-state index in [0.717, 1.165) is 77.7 Å². The van der Waals surface area contributed by atoms with Crippen LogP contribution in [-0.2, 0) is 0 Å². The first-order valence-corrected chi connectivity index (χ1v) is 22.5. The first-order chi connectivity index (χ1) is 32.7. The molecule has 5 heteroatoms. The predicted molar refractivity (Wildman–Crippen MR) is 275 cm³/mol. The second kappa shape index (κ2) is 14.4. The van der Waals surface area contributed by atoms with Crippen molar-refractivity contribution in [3.63, 3.8) is 0 Å². The molecule has 2 aromatic heterocycles. The molecule has 0 spiro atoms. The molecule has 5 nitrogen and oxygen atoms in total. The average Bonchev–Trinajstić information content (AvgIpc) is 3.92. The number of nitrogens with zero attached hydrogens (tertiary/aromatic N) is 3. The molecule has 0 aliphatic carbocycles. The van der Waals surface area contributed by atoms with Gasteiger partial charge in [-0.3, -0.25) is 0 Å². The van der Waals surface area contributed by atoms with Gasteiger partial charge in [0.2, 0.25) is 0 Å². The monoisotopic (exact) mass is 842 g/mol. The van der Waals surface area contributed by atoms with Crippen LogP contribution in [0.4, 0.5) is 0 Å². The Kier molecular flexibility index (Phi) is 7.98. The van der Waals surface area contributed by atoms with Crippen LogP contribution in [0.3, 0.4) is 0 Å². The van der Waals surface area contributed by atoms with Crippen molar-refractivity contribution in [1.82, 2.24) is 9.88 Å². The summed E-state index contributed by atoms with van der Waals surface area (Å²) in [6, 6.07) is 78.4. The summed E-state index contributed by atoms with van der Waals surface area (Å²) in [7, 11) is 0. The Morgan fingerprint density at radius 2 is 1.05 bits per heavy atom. The maximum absolute atomic E-state index is 6.37. The Morgan fingerprint density at radius 1 is 0.409 bits per heavy atom. The second-order valence-corrected chi connectivity index (χ2v) is 17.4. The molecule has 0 amide bonds. The molecule has 0 radical (unpaired) electrons. The highest BCUT2D eigenvalue weighted by molar-refractivity contribution is 6.23. The molecule has 0 saturated heterocycles. The van der Waals surface area contributed by atoms with Crippen LogP contribution in [0, 0.1) is 0 Å². The zero-order chi connectivity index (χ0) is 43.3. The molecule has 1 atom stereocenters. The van der Waals surface area contributed by atoms with Crippen molar-refractivity contribution < 1.29 is 4.42 Å². The zero-order valence-electron chi connectivity index (χ0n) is 35.6. The molecule has 13 aromatic rings. The van der Waals surface area contributed by atoms with E-state index in [9.17, 15) is 0 Å². The molecular weight excluding hydrogens is 805 g/mol. The third kappa shape index (κ3) is 5.80. The van der Waals surface area contributed by atoms with Crippen LogP contribution in [0.25, 0.3) is 104 Å². The van der Waals surface area contributed by atoms with Crippen molar-refractivity contribution >= 4 is 98.5 Å². The van der Waals surface area contributed by atoms with Gasteiger partial charge in [0.15, 0.2) is 5.84 Å². The Morgan fingerprint density at radius 3 is 1.86 bits per heavy atom. The van der Waals surface area contributed by atoms with E-state index in [-0.39, 0.29) is 0 Å². The fourth-order valence-corrected chi connectivity index (χ4v) is 10.4. The van der Waals surface area contributed by atoms with E-state index in [1.807, 2.05) is 12.1 Å². The van der Waals surface area contributed by atoms with Gasteiger partial charge in [-0.1, -0.05) is 152 Å². The average molecular weight is 843 g/mol. The molecule has 14 rings (SSSR count). The van der Waals surface area contributed by atoms with Gasteiger partial charge in [-0.25, -0.2) is 9.98 Å². The van der Waals surface area contributed by atoms with Crippen LogP contribution in [-0.4, -0.2) is 16.2 Å². The maximum Gasteiger partial charge on any atom is 0.160 e. The summed E-state index contributed by atoms with van der Waals surface area (Å²) in [5.41, 5.74) is 10.2. The van der Waals surface area contributed by atoms with Crippen molar-refractivity contribution in [2.24, 2.45) is 9.98 Å². The van der Waals surface area contributed by atoms with Gasteiger partial charge < -0.3 is 14.3 Å². The van der Waals surface area contributed by atoms with E-state index < -0.39 is 6.17 Å². The Labute approximate surface area is 379 Å². The summed E-state index contributed by atoms with van der Waals surface area (Å²) >= 11 is 0. The zero-order valence-corrected chi connectivity index (χ0v) is 35.6. The predicted octanol–water partition coefficient (Wildman–Crippen LogP) is 15.5. The number of hydrogen-bond donors (Lipinski definition) is 1. The lowest BCUT2D eigenvalue weighted by Gasteiger charge is -2.25. The molecule has 3 heterocycles. The lowest BCUT2D eigenvalue weighted by molar-refractivity contribution is 0.669. The summed E-state index contributed by atoms with van der Waals surface area (Å²) in [5, 5.41) is 18.0. The molecule has 11 aromatic carbocycles. The number of benzene rings is 11. The number of para-hydroxylation sites is 1. The topological polar surface area (TPSA) is 54.8 Å². The van der Waals surface area contributed by atoms with Crippen molar-refractivity contribution in [3.05, 3.63) is 235 Å². The summed E-state index contributed by atoms with van der Waals surface area (Å²) < 4.78 is 8.81. The van der Waals surface area contributed by atoms with Crippen molar-refractivity contribution in [1.29, 1.82) is 0 Å². The van der Waals surface area contributed by atoms with Gasteiger partial charge in [-0.05, 0) is 127 Å². The van der Waals surface area contributed by atoms with Gasteiger partial charge in [0.25, 0.3) is 0 Å². The number of fused-ring (bicyclic) bond motifs is 11. The van der Waals surface area contributed by atoms with Gasteiger partial charge in [-0.2, -0.15) is 0 Å². The van der Waals surface area contributed by atoms with Gasteiger partial charge in [0.1, 0.15) is 23.2 Å². The van der Waals surface area contributed by atoms with Crippen molar-refractivity contribution in [2.75, 3.05) is 0 Å². The quantitative estimate of drug-likeness (QED) is 0.188. The first-order valence-electron chi connectivity index (χ1n) is 22.5. The second-order valence-electron chi connectivity index (χ2n) is 17.4. The Bertz CT molecular complexity index is 4230.